The Labute approximate surface area is 187 Å². The van der Waals surface area contributed by atoms with Gasteiger partial charge in [-0.25, -0.2) is 0 Å². The zero-order valence-corrected chi connectivity index (χ0v) is 18.4. The van der Waals surface area contributed by atoms with Gasteiger partial charge < -0.3 is 19.9 Å². The highest BCUT2D eigenvalue weighted by atomic mass is 16.7. The van der Waals surface area contributed by atoms with Gasteiger partial charge in [0.15, 0.2) is 6.29 Å². The Bertz CT molecular complexity index is 1020. The number of amides is 1. The van der Waals surface area contributed by atoms with Crippen LogP contribution in [0, 0.1) is 0 Å². The first-order valence-electron chi connectivity index (χ1n) is 10.9. The van der Waals surface area contributed by atoms with Crippen molar-refractivity contribution in [3.8, 4) is 5.75 Å². The number of aromatic nitrogens is 2. The van der Waals surface area contributed by atoms with Crippen LogP contribution in [0.1, 0.15) is 24.3 Å². The fraction of sp³-hybridized carbons (Fsp3) is 0.417. The van der Waals surface area contributed by atoms with Crippen molar-refractivity contribution in [1.82, 2.24) is 14.7 Å². The smallest absolute Gasteiger partial charge is 0.231 e. The van der Waals surface area contributed by atoms with E-state index >= 15 is 0 Å². The van der Waals surface area contributed by atoms with Gasteiger partial charge in [-0.15, -0.1) is 0 Å². The van der Waals surface area contributed by atoms with Crippen LogP contribution in [0.4, 0.5) is 0 Å². The van der Waals surface area contributed by atoms with Crippen LogP contribution in [-0.4, -0.2) is 60.3 Å². The quantitative estimate of drug-likeness (QED) is 0.523. The molecule has 32 heavy (non-hydrogen) atoms. The SMILES string of the molecule is COc1ccc2c(C3COC(CCCN(CC(N)=O)Cn4cccn4)OC3)cccc2c1. The number of fused-ring (bicyclic) bond motifs is 1. The number of nitrogens with two attached hydrogens (primary N) is 1. The van der Waals surface area contributed by atoms with Gasteiger partial charge in [-0.1, -0.05) is 24.3 Å². The number of nitrogens with zero attached hydrogens (tertiary/aromatic N) is 3. The first kappa shape index (κ1) is 22.3. The van der Waals surface area contributed by atoms with Crippen molar-refractivity contribution in [2.24, 2.45) is 5.73 Å². The molecule has 2 N–H and O–H groups in total. The van der Waals surface area contributed by atoms with E-state index in [0.29, 0.717) is 26.4 Å². The second kappa shape index (κ2) is 10.6. The molecule has 0 spiro atoms. The molecule has 0 unspecified atom stereocenters. The molecule has 0 saturated carbocycles. The van der Waals surface area contributed by atoms with E-state index in [1.54, 1.807) is 18.0 Å². The molecule has 3 aromatic rings. The summed E-state index contributed by atoms with van der Waals surface area (Å²) in [4.78, 5) is 13.4. The number of hydrogen-bond donors (Lipinski definition) is 1. The number of carbonyl (C=O) groups excluding carboxylic acids is 1. The molecular weight excluding hydrogens is 408 g/mol. The Morgan fingerprint density at radius 2 is 2.09 bits per heavy atom. The van der Waals surface area contributed by atoms with Gasteiger partial charge in [0.25, 0.3) is 0 Å². The summed E-state index contributed by atoms with van der Waals surface area (Å²) in [5.74, 6) is 0.691. The Hall–Kier alpha value is -2.94. The molecule has 8 nitrogen and oxygen atoms in total. The maximum absolute atomic E-state index is 11.4. The first-order chi connectivity index (χ1) is 15.6. The molecule has 1 aromatic heterocycles. The number of ether oxygens (including phenoxy) is 3. The molecule has 1 aliphatic rings. The molecule has 1 saturated heterocycles. The third-order valence-corrected chi connectivity index (χ3v) is 5.73. The Kier molecular flexibility index (Phi) is 7.36. The van der Waals surface area contributed by atoms with Crippen LogP contribution in [0.2, 0.25) is 0 Å². The van der Waals surface area contributed by atoms with Gasteiger partial charge >= 0.3 is 0 Å². The minimum absolute atomic E-state index is 0.189. The Morgan fingerprint density at radius 1 is 1.25 bits per heavy atom. The zero-order valence-electron chi connectivity index (χ0n) is 18.4. The number of primary amides is 1. The number of carbonyl (C=O) groups is 1. The third-order valence-electron chi connectivity index (χ3n) is 5.73. The van der Waals surface area contributed by atoms with Crippen LogP contribution < -0.4 is 10.5 Å². The maximum Gasteiger partial charge on any atom is 0.231 e. The summed E-state index contributed by atoms with van der Waals surface area (Å²) in [6.07, 6.45) is 4.94. The topological polar surface area (TPSA) is 91.8 Å². The van der Waals surface area contributed by atoms with Crippen LogP contribution in [0.5, 0.6) is 5.75 Å². The predicted molar refractivity (Wildman–Crippen MR) is 121 cm³/mol. The van der Waals surface area contributed by atoms with E-state index in [2.05, 4.69) is 29.4 Å². The Morgan fingerprint density at radius 3 is 2.81 bits per heavy atom. The van der Waals surface area contributed by atoms with E-state index in [1.165, 1.54) is 10.9 Å². The third kappa shape index (κ3) is 5.64. The highest BCUT2D eigenvalue weighted by Crippen LogP contribution is 2.31. The summed E-state index contributed by atoms with van der Waals surface area (Å²) in [6.45, 7) is 2.67. The van der Waals surface area contributed by atoms with Gasteiger partial charge in [-0.2, -0.15) is 5.10 Å². The average molecular weight is 439 g/mol. The molecule has 2 heterocycles. The van der Waals surface area contributed by atoms with Gasteiger partial charge in [0.05, 0.1) is 33.5 Å². The second-order valence-corrected chi connectivity index (χ2v) is 8.08. The minimum Gasteiger partial charge on any atom is -0.497 e. The van der Waals surface area contributed by atoms with Crippen LogP contribution in [0.25, 0.3) is 10.8 Å². The van der Waals surface area contributed by atoms with Gasteiger partial charge in [0, 0.05) is 24.9 Å². The van der Waals surface area contributed by atoms with E-state index < -0.39 is 0 Å². The highest BCUT2D eigenvalue weighted by Gasteiger charge is 2.25. The lowest BCUT2D eigenvalue weighted by Gasteiger charge is -2.31. The summed E-state index contributed by atoms with van der Waals surface area (Å²) in [7, 11) is 1.68. The summed E-state index contributed by atoms with van der Waals surface area (Å²) in [5, 5.41) is 6.54. The molecule has 1 fully saturated rings. The van der Waals surface area contributed by atoms with Crippen molar-refractivity contribution < 1.29 is 19.0 Å². The number of benzene rings is 2. The van der Waals surface area contributed by atoms with Crippen LogP contribution in [0.15, 0.2) is 54.9 Å². The average Bonchev–Trinajstić information content (AvgIpc) is 3.31. The number of methoxy groups -OCH3 is 1. The maximum atomic E-state index is 11.4. The molecule has 8 heteroatoms. The monoisotopic (exact) mass is 438 g/mol. The van der Waals surface area contributed by atoms with Crippen LogP contribution >= 0.6 is 0 Å². The van der Waals surface area contributed by atoms with Crippen LogP contribution in [-0.2, 0) is 20.9 Å². The van der Waals surface area contributed by atoms with Crippen molar-refractivity contribution in [3.05, 3.63) is 60.4 Å². The normalized spacial score (nSPS) is 18.8. The lowest BCUT2D eigenvalue weighted by atomic mass is 9.94. The van der Waals surface area contributed by atoms with Crippen molar-refractivity contribution in [2.75, 3.05) is 33.4 Å². The Balaban J connectivity index is 1.28. The second-order valence-electron chi connectivity index (χ2n) is 8.08. The van der Waals surface area contributed by atoms with Gasteiger partial charge in [-0.3, -0.25) is 14.4 Å². The number of rotatable bonds is 10. The minimum atomic E-state index is -0.349. The largest absolute Gasteiger partial charge is 0.497 e. The molecule has 0 radical (unpaired) electrons. The lowest BCUT2D eigenvalue weighted by molar-refractivity contribution is -0.190. The standard InChI is InChI=1S/C24H30N4O4/c1-30-20-8-9-22-18(13-20)5-2-6-21(22)19-15-31-24(32-16-19)7-3-11-27(14-23(25)29)17-28-12-4-10-26-28/h2,4-6,8-10,12-13,19,24H,3,7,11,14-17H2,1H3,(H2,25,29). The molecular formula is C24H30N4O4. The molecule has 0 bridgehead atoms. The van der Waals surface area contributed by atoms with Crippen molar-refractivity contribution in [1.29, 1.82) is 0 Å². The molecule has 1 amide bonds. The fourth-order valence-electron chi connectivity index (χ4n) is 4.15. The van der Waals surface area contributed by atoms with Crippen LogP contribution in [0.3, 0.4) is 0 Å². The molecule has 170 valence electrons. The lowest BCUT2D eigenvalue weighted by Crippen LogP contribution is -2.37. The van der Waals surface area contributed by atoms with Gasteiger partial charge in [-0.05, 0) is 47.4 Å². The number of hydrogen-bond acceptors (Lipinski definition) is 6. The van der Waals surface area contributed by atoms with Gasteiger partial charge in [0.1, 0.15) is 5.75 Å². The highest BCUT2D eigenvalue weighted by molar-refractivity contribution is 5.87. The van der Waals surface area contributed by atoms with Gasteiger partial charge in [0.2, 0.25) is 5.91 Å². The van der Waals surface area contributed by atoms with E-state index in [-0.39, 0.29) is 24.7 Å². The summed E-state index contributed by atoms with van der Waals surface area (Å²) >= 11 is 0. The molecule has 0 atom stereocenters. The van der Waals surface area contributed by atoms with Crippen molar-refractivity contribution >= 4 is 16.7 Å². The van der Waals surface area contributed by atoms with E-state index in [9.17, 15) is 4.79 Å². The van der Waals surface area contributed by atoms with E-state index in [0.717, 1.165) is 24.0 Å². The summed E-state index contributed by atoms with van der Waals surface area (Å²) in [6, 6.07) is 14.3. The molecule has 1 aliphatic heterocycles. The predicted octanol–water partition coefficient (Wildman–Crippen LogP) is 2.73. The van der Waals surface area contributed by atoms with E-state index in [4.69, 9.17) is 19.9 Å². The first-order valence-corrected chi connectivity index (χ1v) is 10.9. The van der Waals surface area contributed by atoms with E-state index in [1.807, 2.05) is 29.3 Å². The summed E-state index contributed by atoms with van der Waals surface area (Å²) < 4.78 is 19.2. The molecule has 0 aliphatic carbocycles. The summed E-state index contributed by atoms with van der Waals surface area (Å²) in [5.41, 5.74) is 6.63. The van der Waals surface area contributed by atoms with Crippen molar-refractivity contribution in [2.45, 2.75) is 31.7 Å². The molecule has 4 rings (SSSR count). The van der Waals surface area contributed by atoms with Crippen molar-refractivity contribution in [3.63, 3.8) is 0 Å². The fourth-order valence-corrected chi connectivity index (χ4v) is 4.15. The molecule has 2 aromatic carbocycles. The zero-order chi connectivity index (χ0) is 22.3.